The fourth-order valence-corrected chi connectivity index (χ4v) is 5.43. The van der Waals surface area contributed by atoms with Gasteiger partial charge in [0.1, 0.15) is 22.3 Å². The molecular weight excluding hydrogens is 448 g/mol. The molecular formula is C24H25F2N3O3S. The van der Waals surface area contributed by atoms with Gasteiger partial charge < -0.3 is 15.0 Å². The number of likely N-dealkylation sites (tertiary alicyclic amines) is 1. The maximum Gasteiger partial charge on any atom is 0.222 e. The molecule has 33 heavy (non-hydrogen) atoms. The van der Waals surface area contributed by atoms with Crippen molar-refractivity contribution in [3.8, 4) is 5.75 Å². The Morgan fingerprint density at radius 1 is 1.24 bits per heavy atom. The number of nitrogens with zero attached hydrogens (tertiary/aromatic N) is 1. The number of benzene rings is 2. The summed E-state index contributed by atoms with van der Waals surface area (Å²) in [5.74, 6) is -0.888. The molecule has 2 heterocycles. The lowest BCUT2D eigenvalue weighted by atomic mass is 9.99. The molecule has 174 valence electrons. The number of fused-ring (bicyclic) bond motifs is 1. The minimum atomic E-state index is -1.06. The van der Waals surface area contributed by atoms with Crippen molar-refractivity contribution in [3.05, 3.63) is 65.2 Å². The maximum absolute atomic E-state index is 14.3. The molecule has 1 fully saturated rings. The summed E-state index contributed by atoms with van der Waals surface area (Å²) < 4.78 is 33.8. The average molecular weight is 474 g/mol. The van der Waals surface area contributed by atoms with Crippen molar-refractivity contribution in [2.75, 3.05) is 19.7 Å². The standard InChI is InChI=1S/C24H25F2N3O3S/c25-16-9-10-19(26)17(15-16)23(27)33-24(11-14-32-20-6-2-1-5-18(20)24)28-21(30)7-3-12-29-13-4-8-22(29)31/h1-2,5-6,9-10,15,27H,3-4,7-8,11-14H2,(H,28,30). The number of para-hydroxylation sites is 1. The van der Waals surface area contributed by atoms with Gasteiger partial charge in [-0.3, -0.25) is 15.0 Å². The van der Waals surface area contributed by atoms with E-state index in [-0.39, 0.29) is 28.8 Å². The average Bonchev–Trinajstić information content (AvgIpc) is 3.20. The minimum Gasteiger partial charge on any atom is -0.493 e. The van der Waals surface area contributed by atoms with Crippen LogP contribution in [0.2, 0.25) is 0 Å². The van der Waals surface area contributed by atoms with E-state index in [4.69, 9.17) is 10.1 Å². The van der Waals surface area contributed by atoms with Gasteiger partial charge in [-0.1, -0.05) is 30.0 Å². The lowest BCUT2D eigenvalue weighted by Gasteiger charge is -2.39. The van der Waals surface area contributed by atoms with Gasteiger partial charge in [0.05, 0.1) is 11.7 Å². The van der Waals surface area contributed by atoms with E-state index in [9.17, 15) is 18.4 Å². The van der Waals surface area contributed by atoms with Crippen LogP contribution in [0.4, 0.5) is 8.78 Å². The van der Waals surface area contributed by atoms with Crippen LogP contribution in [0.25, 0.3) is 0 Å². The molecule has 0 aromatic heterocycles. The number of nitrogens with one attached hydrogen (secondary N) is 2. The van der Waals surface area contributed by atoms with Crippen LogP contribution in [0, 0.1) is 17.0 Å². The summed E-state index contributed by atoms with van der Waals surface area (Å²) >= 11 is 0.974. The Kier molecular flexibility index (Phi) is 6.97. The first-order valence-corrected chi connectivity index (χ1v) is 11.7. The maximum atomic E-state index is 14.3. The zero-order valence-electron chi connectivity index (χ0n) is 18.0. The first-order valence-electron chi connectivity index (χ1n) is 10.9. The monoisotopic (exact) mass is 473 g/mol. The van der Waals surface area contributed by atoms with Gasteiger partial charge in [-0.25, -0.2) is 8.78 Å². The fourth-order valence-electron chi connectivity index (χ4n) is 4.19. The van der Waals surface area contributed by atoms with Gasteiger partial charge in [-0.2, -0.15) is 0 Å². The summed E-state index contributed by atoms with van der Waals surface area (Å²) in [5, 5.41) is 11.4. The molecule has 0 bridgehead atoms. The number of halogens is 2. The number of hydrogen-bond donors (Lipinski definition) is 2. The first-order chi connectivity index (χ1) is 15.9. The number of carbonyl (C=O) groups is 2. The zero-order chi connectivity index (χ0) is 23.4. The van der Waals surface area contributed by atoms with E-state index in [0.717, 1.165) is 42.9 Å². The third-order valence-electron chi connectivity index (χ3n) is 5.83. The second kappa shape index (κ2) is 9.91. The number of hydrogen-bond acceptors (Lipinski definition) is 5. The molecule has 9 heteroatoms. The Morgan fingerprint density at radius 2 is 2.06 bits per heavy atom. The van der Waals surface area contributed by atoms with Crippen molar-refractivity contribution in [1.29, 1.82) is 5.41 Å². The van der Waals surface area contributed by atoms with Crippen molar-refractivity contribution in [3.63, 3.8) is 0 Å². The molecule has 0 spiro atoms. The normalized spacial score (nSPS) is 19.7. The second-order valence-corrected chi connectivity index (χ2v) is 9.42. The van der Waals surface area contributed by atoms with Crippen LogP contribution in [-0.2, 0) is 14.5 Å². The number of ether oxygens (including phenoxy) is 1. The molecule has 2 aliphatic heterocycles. The molecule has 2 aliphatic rings. The third kappa shape index (κ3) is 5.19. The Labute approximate surface area is 195 Å². The van der Waals surface area contributed by atoms with E-state index >= 15 is 0 Å². The van der Waals surface area contributed by atoms with E-state index in [0.29, 0.717) is 43.7 Å². The predicted molar refractivity (Wildman–Crippen MR) is 122 cm³/mol. The van der Waals surface area contributed by atoms with Gasteiger partial charge in [0.2, 0.25) is 11.8 Å². The second-order valence-electron chi connectivity index (χ2n) is 8.11. The van der Waals surface area contributed by atoms with Crippen molar-refractivity contribution >= 4 is 28.6 Å². The topological polar surface area (TPSA) is 82.5 Å². The lowest BCUT2D eigenvalue weighted by molar-refractivity contribution is -0.128. The Morgan fingerprint density at radius 3 is 2.85 bits per heavy atom. The van der Waals surface area contributed by atoms with Gasteiger partial charge in [-0.05, 0) is 37.1 Å². The summed E-state index contributed by atoms with van der Waals surface area (Å²) in [6, 6.07) is 10.2. The highest BCUT2D eigenvalue weighted by molar-refractivity contribution is 8.15. The van der Waals surface area contributed by atoms with Crippen molar-refractivity contribution < 1.29 is 23.1 Å². The molecule has 1 unspecified atom stereocenters. The lowest BCUT2D eigenvalue weighted by Crippen LogP contribution is -2.47. The van der Waals surface area contributed by atoms with Gasteiger partial charge in [0.25, 0.3) is 0 Å². The number of thioether (sulfide) groups is 1. The van der Waals surface area contributed by atoms with E-state index in [1.54, 1.807) is 23.1 Å². The predicted octanol–water partition coefficient (Wildman–Crippen LogP) is 4.18. The van der Waals surface area contributed by atoms with Crippen LogP contribution in [-0.4, -0.2) is 41.5 Å². The summed E-state index contributed by atoms with van der Waals surface area (Å²) in [6.07, 6.45) is 2.48. The minimum absolute atomic E-state index is 0.117. The fraction of sp³-hybridized carbons (Fsp3) is 0.375. The van der Waals surface area contributed by atoms with Crippen molar-refractivity contribution in [2.45, 2.75) is 37.0 Å². The van der Waals surface area contributed by atoms with Crippen LogP contribution in [0.15, 0.2) is 42.5 Å². The highest BCUT2D eigenvalue weighted by atomic mass is 32.2. The molecule has 6 nitrogen and oxygen atoms in total. The first kappa shape index (κ1) is 23.2. The highest BCUT2D eigenvalue weighted by Gasteiger charge is 2.41. The largest absolute Gasteiger partial charge is 0.493 e. The molecule has 2 aromatic rings. The molecule has 0 radical (unpaired) electrons. The number of carbonyl (C=O) groups excluding carboxylic acids is 2. The van der Waals surface area contributed by atoms with Crippen LogP contribution in [0.3, 0.4) is 0 Å². The Hall–Kier alpha value is -2.94. The molecule has 0 aliphatic carbocycles. The van der Waals surface area contributed by atoms with E-state index in [1.807, 2.05) is 6.07 Å². The summed E-state index contributed by atoms with van der Waals surface area (Å²) in [4.78, 5) is 25.4. The summed E-state index contributed by atoms with van der Waals surface area (Å²) in [7, 11) is 0. The number of amides is 2. The molecule has 2 amide bonds. The number of rotatable bonds is 7. The van der Waals surface area contributed by atoms with Gasteiger partial charge in [0, 0.05) is 43.5 Å². The van der Waals surface area contributed by atoms with Gasteiger partial charge in [0.15, 0.2) is 0 Å². The van der Waals surface area contributed by atoms with Gasteiger partial charge >= 0.3 is 0 Å². The molecule has 4 rings (SSSR count). The quantitative estimate of drug-likeness (QED) is 0.359. The van der Waals surface area contributed by atoms with E-state index in [2.05, 4.69) is 5.32 Å². The third-order valence-corrected chi connectivity index (χ3v) is 7.13. The van der Waals surface area contributed by atoms with E-state index in [1.165, 1.54) is 0 Å². The Balaban J connectivity index is 1.54. The molecule has 0 saturated carbocycles. The van der Waals surface area contributed by atoms with Crippen LogP contribution < -0.4 is 10.1 Å². The van der Waals surface area contributed by atoms with E-state index < -0.39 is 16.5 Å². The molecule has 2 aromatic carbocycles. The van der Waals surface area contributed by atoms with Crippen LogP contribution in [0.1, 0.15) is 43.2 Å². The van der Waals surface area contributed by atoms with Crippen molar-refractivity contribution in [1.82, 2.24) is 10.2 Å². The van der Waals surface area contributed by atoms with Crippen molar-refractivity contribution in [2.24, 2.45) is 0 Å². The highest BCUT2D eigenvalue weighted by Crippen LogP contribution is 2.46. The molecule has 1 atom stereocenters. The SMILES string of the molecule is N=C(SC1(NC(=O)CCCN2CCCC2=O)CCOc2ccccc21)c1cc(F)ccc1F. The Bertz CT molecular complexity index is 1080. The molecule has 2 N–H and O–H groups in total. The van der Waals surface area contributed by atoms with Crippen LogP contribution in [0.5, 0.6) is 5.75 Å². The zero-order valence-corrected chi connectivity index (χ0v) is 18.9. The summed E-state index contributed by atoms with van der Waals surface area (Å²) in [5.41, 5.74) is 0.510. The summed E-state index contributed by atoms with van der Waals surface area (Å²) in [6.45, 7) is 1.54. The molecule has 1 saturated heterocycles. The van der Waals surface area contributed by atoms with Crippen LogP contribution >= 0.6 is 11.8 Å². The van der Waals surface area contributed by atoms with Gasteiger partial charge in [-0.15, -0.1) is 0 Å². The smallest absolute Gasteiger partial charge is 0.222 e.